The summed E-state index contributed by atoms with van der Waals surface area (Å²) in [6.45, 7) is 0. The number of hydrogen-bond acceptors (Lipinski definition) is 5. The number of aromatic nitrogens is 1. The Morgan fingerprint density at radius 3 is 2.29 bits per heavy atom. The summed E-state index contributed by atoms with van der Waals surface area (Å²) in [6, 6.07) is 1.05. The molecule has 0 saturated carbocycles. The zero-order valence-electron chi connectivity index (χ0n) is 8.98. The van der Waals surface area contributed by atoms with Gasteiger partial charge in [-0.1, -0.05) is 0 Å². The van der Waals surface area contributed by atoms with E-state index in [2.05, 4.69) is 14.5 Å². The number of alkyl halides is 2. The van der Waals surface area contributed by atoms with Crippen molar-refractivity contribution in [3.05, 3.63) is 11.6 Å². The minimum atomic E-state index is -4.39. The second-order valence-corrected chi connectivity index (χ2v) is 4.41. The van der Waals surface area contributed by atoms with Crippen LogP contribution >= 0.6 is 0 Å². The number of methoxy groups -OCH3 is 2. The Balaban J connectivity index is 3.64. The van der Waals surface area contributed by atoms with Crippen LogP contribution in [0, 0.1) is 0 Å². The summed E-state index contributed by atoms with van der Waals surface area (Å²) in [4.78, 5) is 3.40. The molecular formula is C8H10F2N2O4S. The summed E-state index contributed by atoms with van der Waals surface area (Å²) in [5, 5.41) is 3.85. The fraction of sp³-hybridized carbons (Fsp3) is 0.375. The van der Waals surface area contributed by atoms with Crippen molar-refractivity contribution < 1.29 is 26.7 Å². The summed E-state index contributed by atoms with van der Waals surface area (Å²) in [7, 11) is -2.07. The van der Waals surface area contributed by atoms with E-state index in [0.29, 0.717) is 0 Å². The van der Waals surface area contributed by atoms with E-state index >= 15 is 0 Å². The molecule has 0 aliphatic rings. The molecule has 0 radical (unpaired) electrons. The lowest BCUT2D eigenvalue weighted by molar-refractivity contribution is 0.142. The Morgan fingerprint density at radius 2 is 1.94 bits per heavy atom. The standard InChI is InChI=1S/C8H10F2N2O4S/c1-15-4-3-5(16-2)12-8(17(11,13)14)6(4)7(9)10/h3,7H,1-2H3,(H2,11,13,14). The van der Waals surface area contributed by atoms with Gasteiger partial charge in [-0.3, -0.25) is 0 Å². The molecule has 0 unspecified atom stereocenters. The zero-order valence-corrected chi connectivity index (χ0v) is 9.79. The maximum atomic E-state index is 12.8. The summed E-state index contributed by atoms with van der Waals surface area (Å²) in [6.07, 6.45) is -3.09. The van der Waals surface area contributed by atoms with E-state index in [9.17, 15) is 17.2 Å². The summed E-state index contributed by atoms with van der Waals surface area (Å²) < 4.78 is 57.2. The van der Waals surface area contributed by atoms with Gasteiger partial charge in [0.05, 0.1) is 19.8 Å². The highest BCUT2D eigenvalue weighted by molar-refractivity contribution is 7.89. The number of sulfonamides is 1. The van der Waals surface area contributed by atoms with Gasteiger partial charge in [-0.25, -0.2) is 22.3 Å². The van der Waals surface area contributed by atoms with Gasteiger partial charge in [-0.05, 0) is 0 Å². The minimum absolute atomic E-state index is 0.185. The van der Waals surface area contributed by atoms with Crippen LogP contribution in [-0.4, -0.2) is 27.6 Å². The molecule has 9 heteroatoms. The summed E-state index contributed by atoms with van der Waals surface area (Å²) in [5.74, 6) is -0.536. The van der Waals surface area contributed by atoms with Crippen LogP contribution in [0.15, 0.2) is 11.1 Å². The fourth-order valence-electron chi connectivity index (χ4n) is 1.18. The lowest BCUT2D eigenvalue weighted by Crippen LogP contribution is -2.18. The molecule has 2 N–H and O–H groups in total. The molecule has 1 aromatic heterocycles. The first-order valence-electron chi connectivity index (χ1n) is 4.25. The van der Waals surface area contributed by atoms with E-state index < -0.39 is 27.0 Å². The van der Waals surface area contributed by atoms with Crippen LogP contribution in [0.4, 0.5) is 8.78 Å². The lowest BCUT2D eigenvalue weighted by atomic mass is 10.2. The molecule has 0 atom stereocenters. The Morgan fingerprint density at radius 1 is 1.35 bits per heavy atom. The van der Waals surface area contributed by atoms with Crippen molar-refractivity contribution in [1.82, 2.24) is 4.98 Å². The van der Waals surface area contributed by atoms with Gasteiger partial charge in [-0.15, -0.1) is 0 Å². The van der Waals surface area contributed by atoms with Crippen molar-refractivity contribution in [1.29, 1.82) is 0 Å². The largest absolute Gasteiger partial charge is 0.496 e. The Bertz CT molecular complexity index is 519. The Kier molecular flexibility index (Phi) is 3.83. The number of ether oxygens (including phenoxy) is 2. The smallest absolute Gasteiger partial charge is 0.270 e. The van der Waals surface area contributed by atoms with Crippen LogP contribution in [0.2, 0.25) is 0 Å². The van der Waals surface area contributed by atoms with Gasteiger partial charge in [-0.2, -0.15) is 4.98 Å². The van der Waals surface area contributed by atoms with Crippen LogP contribution in [0.5, 0.6) is 11.6 Å². The van der Waals surface area contributed by atoms with Crippen molar-refractivity contribution in [3.63, 3.8) is 0 Å². The number of hydrogen-bond donors (Lipinski definition) is 1. The Hall–Kier alpha value is -1.48. The molecule has 1 rings (SSSR count). The molecule has 6 nitrogen and oxygen atoms in total. The third-order valence-electron chi connectivity index (χ3n) is 1.88. The maximum absolute atomic E-state index is 12.8. The molecule has 1 heterocycles. The topological polar surface area (TPSA) is 91.5 Å². The van der Waals surface area contributed by atoms with E-state index in [0.717, 1.165) is 13.2 Å². The number of rotatable bonds is 4. The average molecular weight is 268 g/mol. The van der Waals surface area contributed by atoms with Gasteiger partial charge >= 0.3 is 0 Å². The first-order chi connectivity index (χ1) is 7.81. The zero-order chi connectivity index (χ0) is 13.2. The third-order valence-corrected chi connectivity index (χ3v) is 2.73. The second-order valence-electron chi connectivity index (χ2n) is 2.93. The van der Waals surface area contributed by atoms with Gasteiger partial charge in [0.25, 0.3) is 16.4 Å². The predicted octanol–water partition coefficient (Wildman–Crippen LogP) is 0.684. The monoisotopic (exact) mass is 268 g/mol. The van der Waals surface area contributed by atoms with Crippen molar-refractivity contribution in [2.45, 2.75) is 11.5 Å². The molecule has 0 aromatic carbocycles. The molecular weight excluding hydrogens is 258 g/mol. The molecule has 17 heavy (non-hydrogen) atoms. The van der Waals surface area contributed by atoms with E-state index in [1.165, 1.54) is 7.11 Å². The molecule has 1 aromatic rings. The number of halogens is 2. The number of primary sulfonamides is 1. The summed E-state index contributed by atoms with van der Waals surface area (Å²) >= 11 is 0. The molecule has 0 amide bonds. The first kappa shape index (κ1) is 13.6. The van der Waals surface area contributed by atoms with E-state index in [1.807, 2.05) is 0 Å². The second kappa shape index (κ2) is 4.80. The van der Waals surface area contributed by atoms with Gasteiger partial charge < -0.3 is 9.47 Å². The van der Waals surface area contributed by atoms with Crippen LogP contribution in [0.3, 0.4) is 0 Å². The quantitative estimate of drug-likeness (QED) is 0.867. The third kappa shape index (κ3) is 2.80. The van der Waals surface area contributed by atoms with Crippen LogP contribution < -0.4 is 14.6 Å². The van der Waals surface area contributed by atoms with Crippen LogP contribution in [0.25, 0.3) is 0 Å². The van der Waals surface area contributed by atoms with Crippen LogP contribution in [-0.2, 0) is 10.0 Å². The van der Waals surface area contributed by atoms with Crippen molar-refractivity contribution in [2.75, 3.05) is 14.2 Å². The molecule has 0 aliphatic heterocycles. The van der Waals surface area contributed by atoms with Gasteiger partial charge in [0, 0.05) is 6.07 Å². The predicted molar refractivity (Wildman–Crippen MR) is 53.7 cm³/mol. The van der Waals surface area contributed by atoms with Crippen molar-refractivity contribution in [2.24, 2.45) is 5.14 Å². The van der Waals surface area contributed by atoms with E-state index in [-0.39, 0.29) is 11.6 Å². The fourth-order valence-corrected chi connectivity index (χ4v) is 1.89. The van der Waals surface area contributed by atoms with Gasteiger partial charge in [0.15, 0.2) is 5.03 Å². The SMILES string of the molecule is COc1cc(OC)c(C(F)F)c(S(N)(=O)=O)n1. The van der Waals surface area contributed by atoms with Gasteiger partial charge in [0.2, 0.25) is 5.88 Å². The minimum Gasteiger partial charge on any atom is -0.496 e. The highest BCUT2D eigenvalue weighted by Gasteiger charge is 2.28. The molecule has 0 saturated heterocycles. The first-order valence-corrected chi connectivity index (χ1v) is 5.79. The molecule has 0 spiro atoms. The lowest BCUT2D eigenvalue weighted by Gasteiger charge is -2.12. The highest BCUT2D eigenvalue weighted by Crippen LogP contribution is 2.35. The normalized spacial score (nSPS) is 11.6. The Labute approximate surface area is 96.4 Å². The van der Waals surface area contributed by atoms with Crippen molar-refractivity contribution >= 4 is 10.0 Å². The number of nitrogens with zero attached hydrogens (tertiary/aromatic N) is 1. The molecule has 0 bridgehead atoms. The maximum Gasteiger partial charge on any atom is 0.270 e. The average Bonchev–Trinajstić information content (AvgIpc) is 2.25. The summed E-state index contributed by atoms with van der Waals surface area (Å²) in [5.41, 5.74) is -0.879. The molecule has 0 fully saturated rings. The van der Waals surface area contributed by atoms with E-state index in [1.54, 1.807) is 0 Å². The highest BCUT2D eigenvalue weighted by atomic mass is 32.2. The van der Waals surface area contributed by atoms with Crippen molar-refractivity contribution in [3.8, 4) is 11.6 Å². The number of nitrogens with two attached hydrogens (primary N) is 1. The van der Waals surface area contributed by atoms with Gasteiger partial charge in [0.1, 0.15) is 5.75 Å². The number of pyridine rings is 1. The molecule has 0 aliphatic carbocycles. The molecule has 96 valence electrons. The van der Waals surface area contributed by atoms with E-state index in [4.69, 9.17) is 5.14 Å². The van der Waals surface area contributed by atoms with Crippen LogP contribution in [0.1, 0.15) is 12.0 Å².